The lowest BCUT2D eigenvalue weighted by Gasteiger charge is -2.19. The summed E-state index contributed by atoms with van der Waals surface area (Å²) in [6.07, 6.45) is 3.57. The molecule has 0 aliphatic rings. The van der Waals surface area contributed by atoms with Crippen molar-refractivity contribution in [2.75, 3.05) is 5.32 Å². The molecule has 3 amide bonds. The molecule has 3 aromatic rings. The van der Waals surface area contributed by atoms with Gasteiger partial charge in [-0.25, -0.2) is 4.79 Å². The van der Waals surface area contributed by atoms with Crippen molar-refractivity contribution in [3.8, 4) is 0 Å². The van der Waals surface area contributed by atoms with E-state index in [1.54, 1.807) is 24.5 Å². The molecule has 3 N–H and O–H groups in total. The van der Waals surface area contributed by atoms with Gasteiger partial charge in [0, 0.05) is 19.2 Å². The fourth-order valence-corrected chi connectivity index (χ4v) is 2.71. The van der Waals surface area contributed by atoms with E-state index in [-0.39, 0.29) is 5.91 Å². The van der Waals surface area contributed by atoms with Gasteiger partial charge in [-0.2, -0.15) is 0 Å². The molecule has 142 valence electrons. The van der Waals surface area contributed by atoms with Crippen molar-refractivity contribution in [1.29, 1.82) is 0 Å². The second kappa shape index (κ2) is 9.87. The van der Waals surface area contributed by atoms with Gasteiger partial charge in [0.1, 0.15) is 6.04 Å². The van der Waals surface area contributed by atoms with Crippen LogP contribution in [0.25, 0.3) is 0 Å². The van der Waals surface area contributed by atoms with Crippen molar-refractivity contribution >= 4 is 17.6 Å². The molecule has 0 aliphatic carbocycles. The van der Waals surface area contributed by atoms with Crippen molar-refractivity contribution in [2.24, 2.45) is 0 Å². The van der Waals surface area contributed by atoms with Crippen LogP contribution in [-0.4, -0.2) is 23.0 Å². The minimum Gasteiger partial charge on any atom is -0.334 e. The second-order valence-electron chi connectivity index (χ2n) is 6.29. The molecule has 0 spiro atoms. The van der Waals surface area contributed by atoms with Gasteiger partial charge in [-0.15, -0.1) is 0 Å². The summed E-state index contributed by atoms with van der Waals surface area (Å²) in [6.45, 7) is 0.384. The van der Waals surface area contributed by atoms with E-state index in [0.29, 0.717) is 18.7 Å². The first kappa shape index (κ1) is 19.1. The second-order valence-corrected chi connectivity index (χ2v) is 6.29. The molecule has 1 heterocycles. The smallest absolute Gasteiger partial charge is 0.315 e. The Balaban J connectivity index is 1.64. The molecule has 1 aromatic heterocycles. The van der Waals surface area contributed by atoms with Gasteiger partial charge in [0.05, 0.1) is 11.9 Å². The monoisotopic (exact) mass is 374 g/mol. The van der Waals surface area contributed by atoms with Crippen LogP contribution in [0.1, 0.15) is 11.1 Å². The molecule has 0 fully saturated rings. The number of nitrogens with one attached hydrogen (secondary N) is 3. The van der Waals surface area contributed by atoms with Crippen LogP contribution in [0.15, 0.2) is 85.2 Å². The van der Waals surface area contributed by atoms with Gasteiger partial charge in [-0.05, 0) is 23.3 Å². The predicted octanol–water partition coefficient (Wildman–Crippen LogP) is 3.13. The SMILES string of the molecule is O=C(NCc1ccccc1)N[C@@H](Cc1ccccc1)C(=O)Nc1cccnc1. The van der Waals surface area contributed by atoms with E-state index in [1.165, 1.54) is 0 Å². The Kier molecular flexibility index (Phi) is 6.73. The van der Waals surface area contributed by atoms with Crippen molar-refractivity contribution in [2.45, 2.75) is 19.0 Å². The summed E-state index contributed by atoms with van der Waals surface area (Å²) in [5.74, 6) is -0.299. The van der Waals surface area contributed by atoms with Gasteiger partial charge in [0.25, 0.3) is 0 Å². The molecule has 0 aliphatic heterocycles. The Hall–Kier alpha value is -3.67. The van der Waals surface area contributed by atoms with Crippen molar-refractivity contribution in [1.82, 2.24) is 15.6 Å². The van der Waals surface area contributed by atoms with Crippen LogP contribution >= 0.6 is 0 Å². The Morgan fingerprint density at radius 2 is 1.54 bits per heavy atom. The Labute approximate surface area is 164 Å². The first-order valence-electron chi connectivity index (χ1n) is 9.04. The van der Waals surface area contributed by atoms with Crippen molar-refractivity contribution < 1.29 is 9.59 Å². The minimum absolute atomic E-state index is 0.299. The quantitative estimate of drug-likeness (QED) is 0.594. The van der Waals surface area contributed by atoms with E-state index in [2.05, 4.69) is 20.9 Å². The van der Waals surface area contributed by atoms with Gasteiger partial charge in [-0.3, -0.25) is 9.78 Å². The highest BCUT2D eigenvalue weighted by molar-refractivity contribution is 5.97. The van der Waals surface area contributed by atoms with Crippen LogP contribution < -0.4 is 16.0 Å². The number of benzene rings is 2. The molecule has 6 nitrogen and oxygen atoms in total. The number of hydrogen-bond donors (Lipinski definition) is 3. The maximum Gasteiger partial charge on any atom is 0.315 e. The number of rotatable bonds is 7. The summed E-state index contributed by atoms with van der Waals surface area (Å²) in [5.41, 5.74) is 2.52. The predicted molar refractivity (Wildman–Crippen MR) is 109 cm³/mol. The van der Waals surface area contributed by atoms with E-state index < -0.39 is 12.1 Å². The third-order valence-electron chi connectivity index (χ3n) is 4.13. The number of hydrogen-bond acceptors (Lipinski definition) is 3. The zero-order chi connectivity index (χ0) is 19.6. The van der Waals surface area contributed by atoms with Gasteiger partial charge in [0.15, 0.2) is 0 Å². The van der Waals surface area contributed by atoms with Crippen LogP contribution in [0.5, 0.6) is 0 Å². The van der Waals surface area contributed by atoms with Gasteiger partial charge < -0.3 is 16.0 Å². The molecular formula is C22H22N4O2. The summed E-state index contributed by atoms with van der Waals surface area (Å²) in [7, 11) is 0. The molecule has 3 rings (SSSR count). The highest BCUT2D eigenvalue weighted by Crippen LogP contribution is 2.08. The molecule has 1 atom stereocenters. The largest absolute Gasteiger partial charge is 0.334 e. The Morgan fingerprint density at radius 1 is 0.857 bits per heavy atom. The third-order valence-corrected chi connectivity index (χ3v) is 4.13. The van der Waals surface area contributed by atoms with Crippen LogP contribution in [-0.2, 0) is 17.8 Å². The number of carbonyl (C=O) groups is 2. The summed E-state index contributed by atoms with van der Waals surface area (Å²) in [6, 6.07) is 21.5. The topological polar surface area (TPSA) is 83.1 Å². The third kappa shape index (κ3) is 5.95. The molecule has 0 bridgehead atoms. The molecule has 6 heteroatoms. The average molecular weight is 374 g/mol. The number of nitrogens with zero attached hydrogens (tertiary/aromatic N) is 1. The molecule has 28 heavy (non-hydrogen) atoms. The summed E-state index contributed by atoms with van der Waals surface area (Å²) >= 11 is 0. The molecule has 0 saturated heterocycles. The Bertz CT molecular complexity index is 886. The van der Waals surface area contributed by atoms with E-state index >= 15 is 0 Å². The van der Waals surface area contributed by atoms with Crippen LogP contribution in [0.2, 0.25) is 0 Å². The normalized spacial score (nSPS) is 11.3. The van der Waals surface area contributed by atoms with Crippen molar-refractivity contribution in [3.05, 3.63) is 96.3 Å². The van der Waals surface area contributed by atoms with Crippen LogP contribution in [0.3, 0.4) is 0 Å². The number of pyridine rings is 1. The summed E-state index contributed by atoms with van der Waals surface area (Å²) in [4.78, 5) is 29.1. The lowest BCUT2D eigenvalue weighted by molar-refractivity contribution is -0.117. The number of carbonyl (C=O) groups excluding carboxylic acids is 2. The fourth-order valence-electron chi connectivity index (χ4n) is 2.71. The van der Waals surface area contributed by atoms with E-state index in [0.717, 1.165) is 11.1 Å². The molecule has 0 radical (unpaired) electrons. The Morgan fingerprint density at radius 3 is 2.18 bits per heavy atom. The van der Waals surface area contributed by atoms with Gasteiger partial charge >= 0.3 is 6.03 Å². The zero-order valence-electron chi connectivity index (χ0n) is 15.3. The van der Waals surface area contributed by atoms with Crippen molar-refractivity contribution in [3.63, 3.8) is 0 Å². The van der Waals surface area contributed by atoms with Crippen LogP contribution in [0, 0.1) is 0 Å². The minimum atomic E-state index is -0.724. The lowest BCUT2D eigenvalue weighted by Crippen LogP contribution is -2.49. The maximum absolute atomic E-state index is 12.7. The number of amides is 3. The molecule has 2 aromatic carbocycles. The zero-order valence-corrected chi connectivity index (χ0v) is 15.3. The summed E-state index contributed by atoms with van der Waals surface area (Å²) < 4.78 is 0. The van der Waals surface area contributed by atoms with E-state index in [1.807, 2.05) is 60.7 Å². The number of anilines is 1. The van der Waals surface area contributed by atoms with Gasteiger partial charge in [0.2, 0.25) is 5.91 Å². The molecule has 0 saturated carbocycles. The fraction of sp³-hybridized carbons (Fsp3) is 0.136. The van der Waals surface area contributed by atoms with Crippen LogP contribution in [0.4, 0.5) is 10.5 Å². The van der Waals surface area contributed by atoms with Gasteiger partial charge in [-0.1, -0.05) is 60.7 Å². The van der Waals surface area contributed by atoms with E-state index in [4.69, 9.17) is 0 Å². The van der Waals surface area contributed by atoms with E-state index in [9.17, 15) is 9.59 Å². The average Bonchev–Trinajstić information content (AvgIpc) is 2.74. The first-order valence-corrected chi connectivity index (χ1v) is 9.04. The number of aromatic nitrogens is 1. The highest BCUT2D eigenvalue weighted by atomic mass is 16.2. The maximum atomic E-state index is 12.7. The summed E-state index contributed by atoms with van der Waals surface area (Å²) in [5, 5.41) is 8.36. The standard InChI is InChI=1S/C22H22N4O2/c27-21(25-19-12-7-13-23-16-19)20(14-17-8-3-1-4-9-17)26-22(28)24-15-18-10-5-2-6-11-18/h1-13,16,20H,14-15H2,(H,25,27)(H2,24,26,28)/t20-/m0/s1. The number of urea groups is 1. The lowest BCUT2D eigenvalue weighted by atomic mass is 10.1. The first-order chi connectivity index (χ1) is 13.7. The molecule has 0 unspecified atom stereocenters. The molecular weight excluding hydrogens is 352 g/mol. The highest BCUT2D eigenvalue weighted by Gasteiger charge is 2.21.